The van der Waals surface area contributed by atoms with Crippen LogP contribution < -0.4 is 4.90 Å². The second-order valence-corrected chi connectivity index (χ2v) is 7.41. The number of benzene rings is 1. The molecule has 5 heteroatoms. The van der Waals surface area contributed by atoms with Gasteiger partial charge in [0.1, 0.15) is 0 Å². The Balaban J connectivity index is 1.47. The lowest BCUT2D eigenvalue weighted by molar-refractivity contribution is 0.109. The molecule has 3 rings (SSSR count). The average molecular weight is 343 g/mol. The van der Waals surface area contributed by atoms with E-state index in [0.717, 1.165) is 37.3 Å². The SMILES string of the molecule is CN1CCN(CCC2CCN(c3ccc(C=O)c(C=O)c3)CC2)CC1. The molecule has 2 aliphatic heterocycles. The molecule has 0 atom stereocenters. The fourth-order valence-electron chi connectivity index (χ4n) is 3.88. The fourth-order valence-corrected chi connectivity index (χ4v) is 3.88. The number of rotatable bonds is 6. The predicted molar refractivity (Wildman–Crippen MR) is 101 cm³/mol. The number of likely N-dealkylation sites (N-methyl/N-ethyl adjacent to an activating group) is 1. The normalized spacial score (nSPS) is 20.6. The molecule has 1 aromatic rings. The molecule has 5 nitrogen and oxygen atoms in total. The van der Waals surface area contributed by atoms with Crippen molar-refractivity contribution >= 4 is 18.3 Å². The standard InChI is InChI=1S/C20H29N3O2/c1-21-10-12-22(13-11-21)7-4-17-5-8-23(9-6-17)20-3-2-18(15-24)19(14-20)16-25/h2-3,14-17H,4-13H2,1H3. The Morgan fingerprint density at radius 1 is 0.960 bits per heavy atom. The lowest BCUT2D eigenvalue weighted by Gasteiger charge is -2.36. The molecule has 2 aliphatic rings. The molecular formula is C20H29N3O2. The van der Waals surface area contributed by atoms with E-state index >= 15 is 0 Å². The van der Waals surface area contributed by atoms with Crippen LogP contribution in [0.2, 0.25) is 0 Å². The summed E-state index contributed by atoms with van der Waals surface area (Å²) in [6, 6.07) is 5.56. The smallest absolute Gasteiger partial charge is 0.150 e. The van der Waals surface area contributed by atoms with Crippen molar-refractivity contribution in [3.63, 3.8) is 0 Å². The lowest BCUT2D eigenvalue weighted by Crippen LogP contribution is -2.45. The lowest BCUT2D eigenvalue weighted by atomic mass is 9.92. The average Bonchev–Trinajstić information content (AvgIpc) is 2.67. The molecule has 2 heterocycles. The highest BCUT2D eigenvalue weighted by Crippen LogP contribution is 2.26. The summed E-state index contributed by atoms with van der Waals surface area (Å²) in [5.41, 5.74) is 2.02. The molecule has 0 spiro atoms. The fraction of sp³-hybridized carbons (Fsp3) is 0.600. The Kier molecular flexibility index (Phi) is 6.21. The summed E-state index contributed by atoms with van der Waals surface area (Å²) in [5.74, 6) is 0.802. The summed E-state index contributed by atoms with van der Waals surface area (Å²) in [4.78, 5) is 29.4. The van der Waals surface area contributed by atoms with Crippen molar-refractivity contribution in [2.45, 2.75) is 19.3 Å². The summed E-state index contributed by atoms with van der Waals surface area (Å²) in [6.07, 6.45) is 5.23. The molecule has 0 saturated carbocycles. The molecule has 0 radical (unpaired) electrons. The van der Waals surface area contributed by atoms with Gasteiger partial charge < -0.3 is 14.7 Å². The van der Waals surface area contributed by atoms with Crippen molar-refractivity contribution < 1.29 is 9.59 Å². The number of piperidine rings is 1. The van der Waals surface area contributed by atoms with E-state index in [0.29, 0.717) is 11.1 Å². The van der Waals surface area contributed by atoms with E-state index in [-0.39, 0.29) is 0 Å². The maximum absolute atomic E-state index is 11.1. The van der Waals surface area contributed by atoms with E-state index in [1.807, 2.05) is 12.1 Å². The number of piperazine rings is 1. The van der Waals surface area contributed by atoms with Gasteiger partial charge in [-0.2, -0.15) is 0 Å². The Bertz CT molecular complexity index is 589. The van der Waals surface area contributed by atoms with Crippen LogP contribution in [0.25, 0.3) is 0 Å². The summed E-state index contributed by atoms with van der Waals surface area (Å²) in [6.45, 7) is 8.07. The van der Waals surface area contributed by atoms with Crippen LogP contribution in [0, 0.1) is 5.92 Å². The van der Waals surface area contributed by atoms with Crippen molar-refractivity contribution in [1.82, 2.24) is 9.80 Å². The molecule has 136 valence electrons. The van der Waals surface area contributed by atoms with Crippen molar-refractivity contribution in [3.8, 4) is 0 Å². The van der Waals surface area contributed by atoms with Gasteiger partial charge in [0.2, 0.25) is 0 Å². The number of nitrogens with zero attached hydrogens (tertiary/aromatic N) is 3. The maximum atomic E-state index is 11.1. The number of aldehydes is 2. The van der Waals surface area contributed by atoms with E-state index in [9.17, 15) is 9.59 Å². The van der Waals surface area contributed by atoms with Gasteiger partial charge in [-0.15, -0.1) is 0 Å². The highest BCUT2D eigenvalue weighted by Gasteiger charge is 2.21. The van der Waals surface area contributed by atoms with Gasteiger partial charge >= 0.3 is 0 Å². The zero-order valence-corrected chi connectivity index (χ0v) is 15.2. The molecule has 0 aromatic heterocycles. The van der Waals surface area contributed by atoms with E-state index in [1.54, 1.807) is 6.07 Å². The first-order valence-electron chi connectivity index (χ1n) is 9.40. The van der Waals surface area contributed by atoms with Crippen molar-refractivity contribution in [2.75, 3.05) is 57.8 Å². The minimum atomic E-state index is 0.473. The first kappa shape index (κ1) is 18.1. The van der Waals surface area contributed by atoms with Crippen LogP contribution >= 0.6 is 0 Å². The largest absolute Gasteiger partial charge is 0.371 e. The van der Waals surface area contributed by atoms with Gasteiger partial charge in [-0.1, -0.05) is 0 Å². The van der Waals surface area contributed by atoms with Crippen LogP contribution in [0.4, 0.5) is 5.69 Å². The Morgan fingerprint density at radius 3 is 2.28 bits per heavy atom. The van der Waals surface area contributed by atoms with Crippen LogP contribution in [-0.4, -0.2) is 75.2 Å². The van der Waals surface area contributed by atoms with Gasteiger partial charge in [0.25, 0.3) is 0 Å². The molecule has 0 aliphatic carbocycles. The number of hydrogen-bond donors (Lipinski definition) is 0. The Morgan fingerprint density at radius 2 is 1.64 bits per heavy atom. The van der Waals surface area contributed by atoms with Crippen LogP contribution in [0.3, 0.4) is 0 Å². The van der Waals surface area contributed by atoms with Crippen LogP contribution in [0.5, 0.6) is 0 Å². The maximum Gasteiger partial charge on any atom is 0.150 e. The summed E-state index contributed by atoms with van der Waals surface area (Å²) in [5, 5.41) is 0. The highest BCUT2D eigenvalue weighted by atomic mass is 16.1. The van der Waals surface area contributed by atoms with Crippen LogP contribution in [-0.2, 0) is 0 Å². The first-order valence-corrected chi connectivity index (χ1v) is 9.40. The van der Waals surface area contributed by atoms with Gasteiger partial charge in [-0.25, -0.2) is 0 Å². The first-order chi connectivity index (χ1) is 12.2. The third-order valence-electron chi connectivity index (χ3n) is 5.75. The molecular weight excluding hydrogens is 314 g/mol. The zero-order valence-electron chi connectivity index (χ0n) is 15.2. The van der Waals surface area contributed by atoms with E-state index < -0.39 is 0 Å². The van der Waals surface area contributed by atoms with Crippen LogP contribution in [0.15, 0.2) is 18.2 Å². The molecule has 2 fully saturated rings. The zero-order chi connectivity index (χ0) is 17.6. The molecule has 1 aromatic carbocycles. The van der Waals surface area contributed by atoms with Gasteiger partial charge in [0.15, 0.2) is 12.6 Å². The van der Waals surface area contributed by atoms with Crippen molar-refractivity contribution in [2.24, 2.45) is 5.92 Å². The molecule has 0 unspecified atom stereocenters. The second kappa shape index (κ2) is 8.59. The number of anilines is 1. The number of hydrogen-bond acceptors (Lipinski definition) is 5. The number of carbonyl (C=O) groups is 2. The minimum absolute atomic E-state index is 0.473. The molecule has 25 heavy (non-hydrogen) atoms. The van der Waals surface area contributed by atoms with Gasteiger partial charge in [0, 0.05) is 56.1 Å². The predicted octanol–water partition coefficient (Wildman–Crippen LogP) is 2.17. The van der Waals surface area contributed by atoms with Gasteiger partial charge in [-0.3, -0.25) is 9.59 Å². The quantitative estimate of drug-likeness (QED) is 0.741. The highest BCUT2D eigenvalue weighted by molar-refractivity contribution is 5.91. The minimum Gasteiger partial charge on any atom is -0.371 e. The molecule has 0 amide bonds. The Labute approximate surface area is 150 Å². The third-order valence-corrected chi connectivity index (χ3v) is 5.75. The summed E-state index contributed by atoms with van der Waals surface area (Å²) >= 11 is 0. The van der Waals surface area contributed by atoms with E-state index in [2.05, 4.69) is 21.7 Å². The Hall–Kier alpha value is -1.72. The van der Waals surface area contributed by atoms with E-state index in [1.165, 1.54) is 52.0 Å². The summed E-state index contributed by atoms with van der Waals surface area (Å²) < 4.78 is 0. The molecule has 0 N–H and O–H groups in total. The summed E-state index contributed by atoms with van der Waals surface area (Å²) in [7, 11) is 2.20. The topological polar surface area (TPSA) is 43.9 Å². The molecule has 2 saturated heterocycles. The van der Waals surface area contributed by atoms with Crippen molar-refractivity contribution in [1.29, 1.82) is 0 Å². The molecule has 0 bridgehead atoms. The third kappa shape index (κ3) is 4.67. The van der Waals surface area contributed by atoms with Gasteiger partial charge in [-0.05, 0) is 57.0 Å². The van der Waals surface area contributed by atoms with Gasteiger partial charge in [0.05, 0.1) is 0 Å². The van der Waals surface area contributed by atoms with E-state index in [4.69, 9.17) is 0 Å². The number of carbonyl (C=O) groups excluding carboxylic acids is 2. The monoisotopic (exact) mass is 343 g/mol. The van der Waals surface area contributed by atoms with Crippen LogP contribution in [0.1, 0.15) is 40.0 Å². The second-order valence-electron chi connectivity index (χ2n) is 7.41. The van der Waals surface area contributed by atoms with Crippen molar-refractivity contribution in [3.05, 3.63) is 29.3 Å².